The third-order valence-electron chi connectivity index (χ3n) is 6.87. The first-order valence-electron chi connectivity index (χ1n) is 11.7. The van der Waals surface area contributed by atoms with Gasteiger partial charge in [-0.15, -0.1) is 0 Å². The summed E-state index contributed by atoms with van der Waals surface area (Å²) in [5.41, 5.74) is 3.63. The van der Waals surface area contributed by atoms with E-state index in [9.17, 15) is 9.59 Å². The smallest absolute Gasteiger partial charge is 0.254 e. The second-order valence-electron chi connectivity index (χ2n) is 8.65. The maximum Gasteiger partial charge on any atom is 0.254 e. The molecule has 0 saturated carbocycles. The fourth-order valence-corrected chi connectivity index (χ4v) is 5.47. The van der Waals surface area contributed by atoms with Gasteiger partial charge in [-0.2, -0.15) is 0 Å². The molecule has 0 aromatic heterocycles. The lowest BCUT2D eigenvalue weighted by Crippen LogP contribution is -2.50. The molecule has 6 nitrogen and oxygen atoms in total. The molecule has 5 rings (SSSR count). The van der Waals surface area contributed by atoms with Crippen LogP contribution in [0.4, 0.5) is 0 Å². The molecule has 168 valence electrons. The second kappa shape index (κ2) is 8.49. The molecule has 0 radical (unpaired) electrons. The van der Waals surface area contributed by atoms with Crippen LogP contribution >= 0.6 is 0 Å². The van der Waals surface area contributed by atoms with Crippen LogP contribution in [-0.2, 0) is 11.2 Å². The Bertz CT molecular complexity index is 1040. The Balaban J connectivity index is 1.67. The molecule has 3 aliphatic rings. The third kappa shape index (κ3) is 3.33. The highest BCUT2D eigenvalue weighted by molar-refractivity contribution is 6.01. The van der Waals surface area contributed by atoms with Gasteiger partial charge in [0.2, 0.25) is 5.91 Å². The molecule has 2 aromatic rings. The summed E-state index contributed by atoms with van der Waals surface area (Å²) in [6.07, 6.45) is 2.81. The van der Waals surface area contributed by atoms with Crippen LogP contribution in [0.5, 0.6) is 11.5 Å². The van der Waals surface area contributed by atoms with Gasteiger partial charge in [-0.05, 0) is 68.0 Å². The van der Waals surface area contributed by atoms with Crippen LogP contribution in [0, 0.1) is 0 Å². The fourth-order valence-electron chi connectivity index (χ4n) is 5.47. The van der Waals surface area contributed by atoms with Crippen molar-refractivity contribution in [1.82, 2.24) is 9.80 Å². The zero-order valence-electron chi connectivity index (χ0n) is 18.8. The topological polar surface area (TPSA) is 59.1 Å². The zero-order valence-corrected chi connectivity index (χ0v) is 18.8. The number of fused-ring (bicyclic) bond motifs is 4. The Hall–Kier alpha value is -3.02. The monoisotopic (exact) mass is 434 g/mol. The number of hydrogen-bond acceptors (Lipinski definition) is 4. The van der Waals surface area contributed by atoms with E-state index < -0.39 is 5.92 Å². The zero-order chi connectivity index (χ0) is 22.2. The molecule has 1 saturated heterocycles. The van der Waals surface area contributed by atoms with E-state index in [0.717, 1.165) is 54.8 Å². The van der Waals surface area contributed by atoms with Gasteiger partial charge in [-0.1, -0.05) is 18.2 Å². The molecule has 1 fully saturated rings. The Morgan fingerprint density at radius 1 is 0.969 bits per heavy atom. The standard InChI is InChI=1S/C26H30N2O4/c1-3-31-21-15-17-11-14-28-24(20(17)16-22(21)32-4-2)23(26(30)27-12-7-8-13-27)18-9-5-6-10-19(18)25(28)29/h5-6,9-10,15-16,23-24H,3-4,7-8,11-14H2,1-2H3/t23-,24+/m0/s1. The minimum absolute atomic E-state index is 0.00793. The van der Waals surface area contributed by atoms with Gasteiger partial charge < -0.3 is 19.3 Å². The summed E-state index contributed by atoms with van der Waals surface area (Å²) in [6, 6.07) is 11.3. The molecule has 0 bridgehead atoms. The first-order chi connectivity index (χ1) is 15.6. The highest BCUT2D eigenvalue weighted by atomic mass is 16.5. The van der Waals surface area contributed by atoms with Gasteiger partial charge in [-0.3, -0.25) is 9.59 Å². The number of rotatable bonds is 5. The number of carbonyl (C=O) groups is 2. The number of benzene rings is 2. The van der Waals surface area contributed by atoms with Gasteiger partial charge in [0.25, 0.3) is 5.91 Å². The van der Waals surface area contributed by atoms with Crippen molar-refractivity contribution < 1.29 is 19.1 Å². The van der Waals surface area contributed by atoms with Crippen molar-refractivity contribution >= 4 is 11.8 Å². The van der Waals surface area contributed by atoms with E-state index in [1.165, 1.54) is 0 Å². The molecule has 3 heterocycles. The number of likely N-dealkylation sites (tertiary alicyclic amines) is 1. The first kappa shape index (κ1) is 20.9. The molecule has 0 aliphatic carbocycles. The van der Waals surface area contributed by atoms with Gasteiger partial charge in [0.15, 0.2) is 11.5 Å². The number of amides is 2. The lowest BCUT2D eigenvalue weighted by Gasteiger charge is -2.46. The Labute approximate surface area is 189 Å². The summed E-state index contributed by atoms with van der Waals surface area (Å²) >= 11 is 0. The molecule has 0 spiro atoms. The molecular weight excluding hydrogens is 404 g/mol. The minimum Gasteiger partial charge on any atom is -0.490 e. The van der Waals surface area contributed by atoms with E-state index in [1.807, 2.05) is 60.0 Å². The Morgan fingerprint density at radius 2 is 1.66 bits per heavy atom. The van der Waals surface area contributed by atoms with Gasteiger partial charge in [0, 0.05) is 25.2 Å². The van der Waals surface area contributed by atoms with Crippen molar-refractivity contribution in [2.24, 2.45) is 0 Å². The van der Waals surface area contributed by atoms with Crippen LogP contribution in [-0.4, -0.2) is 54.5 Å². The average Bonchev–Trinajstić information content (AvgIpc) is 3.35. The third-order valence-corrected chi connectivity index (χ3v) is 6.87. The Morgan fingerprint density at radius 3 is 2.38 bits per heavy atom. The number of carbonyl (C=O) groups excluding carboxylic acids is 2. The fraction of sp³-hybridized carbons (Fsp3) is 0.462. The van der Waals surface area contributed by atoms with Gasteiger partial charge in [-0.25, -0.2) is 0 Å². The molecule has 2 amide bonds. The van der Waals surface area contributed by atoms with Crippen LogP contribution in [0.2, 0.25) is 0 Å². The summed E-state index contributed by atoms with van der Waals surface area (Å²) in [5.74, 6) is 1.12. The SMILES string of the molecule is CCOc1cc2c(cc1OCC)[C@@H]1[C@@H](C(=O)N3CCCC3)c3ccccc3C(=O)N1CC2. The predicted molar refractivity (Wildman–Crippen MR) is 121 cm³/mol. The van der Waals surface area contributed by atoms with Crippen LogP contribution in [0.1, 0.15) is 65.7 Å². The molecule has 0 unspecified atom stereocenters. The summed E-state index contributed by atoms with van der Waals surface area (Å²) in [6.45, 7) is 7.15. The van der Waals surface area contributed by atoms with Gasteiger partial charge in [0.05, 0.1) is 25.2 Å². The minimum atomic E-state index is -0.409. The van der Waals surface area contributed by atoms with Gasteiger partial charge in [0.1, 0.15) is 0 Å². The van der Waals surface area contributed by atoms with Crippen LogP contribution in [0.15, 0.2) is 36.4 Å². The molecule has 3 aliphatic heterocycles. The number of nitrogens with zero attached hydrogens (tertiary/aromatic N) is 2. The number of ether oxygens (including phenoxy) is 2. The maximum atomic E-state index is 13.8. The summed E-state index contributed by atoms with van der Waals surface area (Å²) in [5, 5.41) is 0. The van der Waals surface area contributed by atoms with E-state index in [4.69, 9.17) is 9.47 Å². The van der Waals surface area contributed by atoms with Crippen molar-refractivity contribution in [3.05, 3.63) is 58.7 Å². The van der Waals surface area contributed by atoms with E-state index >= 15 is 0 Å². The highest BCUT2D eigenvalue weighted by Crippen LogP contribution is 2.49. The Kier molecular flexibility index (Phi) is 5.53. The first-order valence-corrected chi connectivity index (χ1v) is 11.7. The normalized spacial score (nSPS) is 21.6. The molecule has 2 aromatic carbocycles. The van der Waals surface area contributed by atoms with Crippen LogP contribution in [0.3, 0.4) is 0 Å². The van der Waals surface area contributed by atoms with E-state index in [1.54, 1.807) is 0 Å². The predicted octanol–water partition coefficient (Wildman–Crippen LogP) is 3.94. The van der Waals surface area contributed by atoms with Crippen molar-refractivity contribution in [2.45, 2.75) is 45.1 Å². The lowest BCUT2D eigenvalue weighted by molar-refractivity contribution is -0.133. The molecule has 0 N–H and O–H groups in total. The average molecular weight is 435 g/mol. The van der Waals surface area contributed by atoms with Crippen molar-refractivity contribution in [2.75, 3.05) is 32.8 Å². The molecule has 6 heteroatoms. The lowest BCUT2D eigenvalue weighted by atomic mass is 9.75. The molecular formula is C26H30N2O4. The summed E-state index contributed by atoms with van der Waals surface area (Å²) in [4.78, 5) is 31.2. The van der Waals surface area contributed by atoms with Crippen molar-refractivity contribution in [3.8, 4) is 11.5 Å². The largest absolute Gasteiger partial charge is 0.490 e. The summed E-state index contributed by atoms with van der Waals surface area (Å²) < 4.78 is 11.7. The van der Waals surface area contributed by atoms with Crippen LogP contribution < -0.4 is 9.47 Å². The highest BCUT2D eigenvalue weighted by Gasteiger charge is 2.47. The van der Waals surface area contributed by atoms with Crippen LogP contribution in [0.25, 0.3) is 0 Å². The van der Waals surface area contributed by atoms with E-state index in [2.05, 4.69) is 0 Å². The van der Waals surface area contributed by atoms with E-state index in [0.29, 0.717) is 31.1 Å². The van der Waals surface area contributed by atoms with Crippen molar-refractivity contribution in [1.29, 1.82) is 0 Å². The quantitative estimate of drug-likeness (QED) is 0.715. The maximum absolute atomic E-state index is 13.8. The van der Waals surface area contributed by atoms with E-state index in [-0.39, 0.29) is 17.9 Å². The summed E-state index contributed by atoms with van der Waals surface area (Å²) in [7, 11) is 0. The molecule has 2 atom stereocenters. The molecule has 32 heavy (non-hydrogen) atoms. The number of hydrogen-bond donors (Lipinski definition) is 0. The van der Waals surface area contributed by atoms with Crippen molar-refractivity contribution in [3.63, 3.8) is 0 Å². The van der Waals surface area contributed by atoms with Gasteiger partial charge >= 0.3 is 0 Å². The second-order valence-corrected chi connectivity index (χ2v) is 8.65.